The quantitative estimate of drug-likeness (QED) is 0.404. The van der Waals surface area contributed by atoms with Crippen molar-refractivity contribution in [3.05, 3.63) is 94.0 Å². The van der Waals surface area contributed by atoms with Crippen molar-refractivity contribution in [2.75, 3.05) is 12.0 Å². The molecule has 0 aromatic heterocycles. The molecule has 0 unspecified atom stereocenters. The second-order valence-corrected chi connectivity index (χ2v) is 8.05. The van der Waals surface area contributed by atoms with Gasteiger partial charge < -0.3 is 9.47 Å². The van der Waals surface area contributed by atoms with Gasteiger partial charge in [0.2, 0.25) is 0 Å². The molecule has 4 rings (SSSR count). The SMILES string of the molecule is COc1ccc(N2C(=O)NC(=O)/C(=C\c3cc(Cl)ccc3OCc3ccc(C)cc3)C2=O)cc1. The zero-order valence-corrected chi connectivity index (χ0v) is 19.3. The highest BCUT2D eigenvalue weighted by Crippen LogP contribution is 2.29. The Hall–Kier alpha value is -4.10. The number of amides is 4. The molecule has 0 saturated carbocycles. The third kappa shape index (κ3) is 4.94. The van der Waals surface area contributed by atoms with Crippen molar-refractivity contribution in [2.45, 2.75) is 13.5 Å². The first-order valence-corrected chi connectivity index (χ1v) is 10.8. The summed E-state index contributed by atoms with van der Waals surface area (Å²) in [5.74, 6) is -0.562. The Balaban J connectivity index is 1.65. The maximum Gasteiger partial charge on any atom is 0.335 e. The number of hydrogen-bond acceptors (Lipinski definition) is 5. The van der Waals surface area contributed by atoms with Crippen molar-refractivity contribution in [1.82, 2.24) is 5.32 Å². The zero-order chi connectivity index (χ0) is 24.2. The summed E-state index contributed by atoms with van der Waals surface area (Å²) in [6.07, 6.45) is 1.37. The van der Waals surface area contributed by atoms with Crippen LogP contribution >= 0.6 is 11.6 Å². The van der Waals surface area contributed by atoms with Gasteiger partial charge in [-0.3, -0.25) is 14.9 Å². The summed E-state index contributed by atoms with van der Waals surface area (Å²) in [4.78, 5) is 39.1. The summed E-state index contributed by atoms with van der Waals surface area (Å²) < 4.78 is 11.1. The number of hydrogen-bond donors (Lipinski definition) is 1. The number of urea groups is 1. The lowest BCUT2D eigenvalue weighted by atomic mass is 10.1. The molecule has 8 heteroatoms. The van der Waals surface area contributed by atoms with Crippen LogP contribution < -0.4 is 19.7 Å². The smallest absolute Gasteiger partial charge is 0.335 e. The monoisotopic (exact) mass is 476 g/mol. The van der Waals surface area contributed by atoms with Crippen LogP contribution in [-0.4, -0.2) is 25.0 Å². The molecular weight excluding hydrogens is 456 g/mol. The molecule has 0 bridgehead atoms. The number of barbiturate groups is 1. The number of carbonyl (C=O) groups is 3. The predicted octanol–water partition coefficient (Wildman–Crippen LogP) is 4.90. The highest BCUT2D eigenvalue weighted by Gasteiger charge is 2.37. The van der Waals surface area contributed by atoms with Crippen molar-refractivity contribution in [3.8, 4) is 11.5 Å². The van der Waals surface area contributed by atoms with Gasteiger partial charge in [-0.2, -0.15) is 0 Å². The van der Waals surface area contributed by atoms with Crippen LogP contribution in [0.3, 0.4) is 0 Å². The Morgan fingerprint density at radius 3 is 2.35 bits per heavy atom. The summed E-state index contributed by atoms with van der Waals surface area (Å²) in [5, 5.41) is 2.61. The van der Waals surface area contributed by atoms with E-state index in [9.17, 15) is 14.4 Å². The molecule has 1 aliphatic rings. The summed E-state index contributed by atoms with van der Waals surface area (Å²) >= 11 is 6.17. The predicted molar refractivity (Wildman–Crippen MR) is 129 cm³/mol. The summed E-state index contributed by atoms with van der Waals surface area (Å²) in [7, 11) is 1.51. The van der Waals surface area contributed by atoms with Crippen molar-refractivity contribution in [2.24, 2.45) is 0 Å². The fourth-order valence-corrected chi connectivity index (χ4v) is 3.57. The molecule has 0 atom stereocenters. The number of nitrogens with one attached hydrogen (secondary N) is 1. The maximum absolute atomic E-state index is 13.2. The number of methoxy groups -OCH3 is 1. The number of imide groups is 2. The average molecular weight is 477 g/mol. The molecule has 34 heavy (non-hydrogen) atoms. The molecule has 7 nitrogen and oxygen atoms in total. The Bertz CT molecular complexity index is 1280. The Kier molecular flexibility index (Phi) is 6.65. The number of nitrogens with zero attached hydrogens (tertiary/aromatic N) is 1. The van der Waals surface area contributed by atoms with E-state index in [1.165, 1.54) is 13.2 Å². The van der Waals surface area contributed by atoms with Gasteiger partial charge in [0.05, 0.1) is 12.8 Å². The van der Waals surface area contributed by atoms with E-state index in [0.29, 0.717) is 27.8 Å². The van der Waals surface area contributed by atoms with Gasteiger partial charge >= 0.3 is 6.03 Å². The number of aryl methyl sites for hydroxylation is 1. The third-order valence-corrected chi connectivity index (χ3v) is 5.45. The molecule has 1 heterocycles. The van der Waals surface area contributed by atoms with E-state index in [1.807, 2.05) is 31.2 Å². The second-order valence-electron chi connectivity index (χ2n) is 7.61. The van der Waals surface area contributed by atoms with E-state index < -0.39 is 17.8 Å². The van der Waals surface area contributed by atoms with Gasteiger partial charge in [0.15, 0.2) is 0 Å². The average Bonchev–Trinajstić information content (AvgIpc) is 2.82. The van der Waals surface area contributed by atoms with E-state index >= 15 is 0 Å². The summed E-state index contributed by atoms with van der Waals surface area (Å²) in [6.45, 7) is 2.29. The van der Waals surface area contributed by atoms with Crippen molar-refractivity contribution < 1.29 is 23.9 Å². The summed E-state index contributed by atoms with van der Waals surface area (Å²) in [5.41, 5.74) is 2.60. The molecule has 172 valence electrons. The van der Waals surface area contributed by atoms with Gasteiger partial charge in [0.1, 0.15) is 23.7 Å². The zero-order valence-electron chi connectivity index (χ0n) is 18.5. The Labute approximate surface area is 201 Å². The van der Waals surface area contributed by atoms with Crippen LogP contribution in [0.15, 0.2) is 72.3 Å². The van der Waals surface area contributed by atoms with Crippen molar-refractivity contribution in [3.63, 3.8) is 0 Å². The second kappa shape index (κ2) is 9.80. The molecule has 1 aliphatic heterocycles. The minimum Gasteiger partial charge on any atom is -0.497 e. The molecule has 1 saturated heterocycles. The summed E-state index contributed by atoms with van der Waals surface area (Å²) in [6, 6.07) is 18.3. The maximum atomic E-state index is 13.2. The number of ether oxygens (including phenoxy) is 2. The minimum atomic E-state index is -0.834. The van der Waals surface area contributed by atoms with Gasteiger partial charge in [0, 0.05) is 10.6 Å². The fraction of sp³-hybridized carbons (Fsp3) is 0.115. The molecule has 0 spiro atoms. The lowest BCUT2D eigenvalue weighted by Gasteiger charge is -2.26. The standard InChI is InChI=1S/C26H21ClN2O5/c1-16-3-5-17(6-4-16)15-34-23-12-7-19(27)13-18(23)14-22-24(30)28-26(32)29(25(22)31)20-8-10-21(33-2)11-9-20/h3-14H,15H2,1-2H3,(H,28,30,32)/b22-14+. The first kappa shape index (κ1) is 23.1. The van der Waals surface area contributed by atoms with E-state index in [-0.39, 0.29) is 12.2 Å². The van der Waals surface area contributed by atoms with Crippen LogP contribution in [0, 0.1) is 6.92 Å². The van der Waals surface area contributed by atoms with Crippen molar-refractivity contribution in [1.29, 1.82) is 0 Å². The molecule has 3 aromatic rings. The van der Waals surface area contributed by atoms with Gasteiger partial charge in [0.25, 0.3) is 11.8 Å². The number of carbonyl (C=O) groups excluding carboxylic acids is 3. The molecule has 1 N–H and O–H groups in total. The third-order valence-electron chi connectivity index (χ3n) is 5.22. The minimum absolute atomic E-state index is 0.224. The van der Waals surface area contributed by atoms with Crippen LogP contribution in [0.25, 0.3) is 6.08 Å². The fourth-order valence-electron chi connectivity index (χ4n) is 3.39. The first-order valence-electron chi connectivity index (χ1n) is 10.4. The van der Waals surface area contributed by atoms with Crippen LogP contribution in [-0.2, 0) is 16.2 Å². The van der Waals surface area contributed by atoms with Gasteiger partial charge in [-0.1, -0.05) is 41.4 Å². The number of benzene rings is 3. The number of anilines is 1. The molecule has 0 radical (unpaired) electrons. The molecular formula is C26H21ClN2O5. The lowest BCUT2D eigenvalue weighted by Crippen LogP contribution is -2.54. The van der Waals surface area contributed by atoms with Crippen LogP contribution in [0.1, 0.15) is 16.7 Å². The van der Waals surface area contributed by atoms with E-state index in [0.717, 1.165) is 16.0 Å². The van der Waals surface area contributed by atoms with Crippen LogP contribution in [0.4, 0.5) is 10.5 Å². The van der Waals surface area contributed by atoms with E-state index in [2.05, 4.69) is 5.32 Å². The normalized spacial score (nSPS) is 14.9. The highest BCUT2D eigenvalue weighted by molar-refractivity contribution is 6.39. The molecule has 1 fully saturated rings. The van der Waals surface area contributed by atoms with Crippen LogP contribution in [0.5, 0.6) is 11.5 Å². The molecule has 0 aliphatic carbocycles. The number of rotatable bonds is 6. The van der Waals surface area contributed by atoms with Gasteiger partial charge in [-0.25, -0.2) is 9.69 Å². The van der Waals surface area contributed by atoms with Crippen LogP contribution in [0.2, 0.25) is 5.02 Å². The first-order chi connectivity index (χ1) is 16.4. The molecule has 4 amide bonds. The van der Waals surface area contributed by atoms with Crippen molar-refractivity contribution >= 4 is 41.2 Å². The lowest BCUT2D eigenvalue weighted by molar-refractivity contribution is -0.122. The largest absolute Gasteiger partial charge is 0.497 e. The Morgan fingerprint density at radius 1 is 0.971 bits per heavy atom. The topological polar surface area (TPSA) is 84.9 Å². The Morgan fingerprint density at radius 2 is 1.68 bits per heavy atom. The van der Waals surface area contributed by atoms with Gasteiger partial charge in [-0.05, 0) is 61.0 Å². The van der Waals surface area contributed by atoms with E-state index in [4.69, 9.17) is 21.1 Å². The van der Waals surface area contributed by atoms with Gasteiger partial charge in [-0.15, -0.1) is 0 Å². The number of halogens is 1. The molecule has 3 aromatic carbocycles. The highest BCUT2D eigenvalue weighted by atomic mass is 35.5. The van der Waals surface area contributed by atoms with E-state index in [1.54, 1.807) is 42.5 Å².